The zero-order valence-electron chi connectivity index (χ0n) is 17.7. The maximum absolute atomic E-state index is 12.4. The zero-order valence-corrected chi connectivity index (χ0v) is 17.7. The number of methoxy groups -OCH3 is 2. The van der Waals surface area contributed by atoms with E-state index in [4.69, 9.17) is 9.47 Å². The van der Waals surface area contributed by atoms with Gasteiger partial charge in [-0.15, -0.1) is 0 Å². The summed E-state index contributed by atoms with van der Waals surface area (Å²) in [6, 6.07) is 11.1. The van der Waals surface area contributed by atoms with Crippen LogP contribution in [0.15, 0.2) is 47.6 Å². The molecular weight excluding hydrogens is 366 g/mol. The highest BCUT2D eigenvalue weighted by Gasteiger charge is 2.29. The Morgan fingerprint density at radius 1 is 1.14 bits per heavy atom. The van der Waals surface area contributed by atoms with Gasteiger partial charge < -0.3 is 14.4 Å². The first-order chi connectivity index (χ1) is 13.8. The number of para-hydroxylation sites is 1. The minimum Gasteiger partial charge on any atom is -0.496 e. The summed E-state index contributed by atoms with van der Waals surface area (Å²) in [4.78, 5) is 14.6. The molecule has 1 N–H and O–H groups in total. The van der Waals surface area contributed by atoms with Crippen molar-refractivity contribution >= 4 is 23.4 Å². The second kappa shape index (κ2) is 7.99. The Labute approximate surface area is 171 Å². The number of carbonyl (C=O) groups is 1. The molecule has 6 nitrogen and oxygen atoms in total. The predicted molar refractivity (Wildman–Crippen MR) is 117 cm³/mol. The molecule has 0 unspecified atom stereocenters. The van der Waals surface area contributed by atoms with Gasteiger partial charge in [-0.2, -0.15) is 5.10 Å². The number of carbonyl (C=O) groups excluding carboxylic acids is 1. The first-order valence-corrected chi connectivity index (χ1v) is 9.40. The number of nitrogens with one attached hydrogen (secondary N) is 1. The van der Waals surface area contributed by atoms with E-state index in [1.165, 1.54) is 12.7 Å². The second-order valence-corrected chi connectivity index (χ2v) is 7.55. The van der Waals surface area contributed by atoms with Crippen LogP contribution in [0.5, 0.6) is 11.5 Å². The van der Waals surface area contributed by atoms with E-state index in [-0.39, 0.29) is 11.4 Å². The first-order valence-electron chi connectivity index (χ1n) is 9.40. The number of hydrazone groups is 1. The Bertz CT molecular complexity index is 993. The molecule has 6 heteroatoms. The molecule has 2 aromatic rings. The smallest absolute Gasteiger partial charge is 0.275 e. The molecule has 29 heavy (non-hydrogen) atoms. The summed E-state index contributed by atoms with van der Waals surface area (Å²) >= 11 is 0. The Morgan fingerprint density at radius 2 is 1.83 bits per heavy atom. The Balaban J connectivity index is 1.88. The van der Waals surface area contributed by atoms with Crippen molar-refractivity contribution in [3.8, 4) is 11.5 Å². The molecule has 0 radical (unpaired) electrons. The molecular formula is C23H27N3O3. The highest BCUT2D eigenvalue weighted by atomic mass is 16.5. The Morgan fingerprint density at radius 3 is 2.52 bits per heavy atom. The zero-order chi connectivity index (χ0) is 21.2. The van der Waals surface area contributed by atoms with Gasteiger partial charge in [0.05, 0.1) is 31.5 Å². The van der Waals surface area contributed by atoms with Crippen LogP contribution >= 0.6 is 0 Å². The third-order valence-electron chi connectivity index (χ3n) is 5.29. The van der Waals surface area contributed by atoms with E-state index in [1.54, 1.807) is 31.5 Å². The number of rotatable bonds is 5. The molecule has 1 amide bonds. The second-order valence-electron chi connectivity index (χ2n) is 7.55. The monoisotopic (exact) mass is 393 g/mol. The van der Waals surface area contributed by atoms with Crippen molar-refractivity contribution in [3.05, 3.63) is 59.2 Å². The number of fused-ring (bicyclic) bond motifs is 1. The number of amides is 1. The number of hydrogen-bond donors (Lipinski definition) is 1. The van der Waals surface area contributed by atoms with Crippen molar-refractivity contribution in [3.63, 3.8) is 0 Å². The van der Waals surface area contributed by atoms with Gasteiger partial charge in [0.25, 0.3) is 5.91 Å². The molecule has 0 atom stereocenters. The maximum atomic E-state index is 12.4. The lowest BCUT2D eigenvalue weighted by Gasteiger charge is -2.40. The van der Waals surface area contributed by atoms with Gasteiger partial charge >= 0.3 is 0 Å². The minimum absolute atomic E-state index is 0.0829. The van der Waals surface area contributed by atoms with Crippen molar-refractivity contribution in [2.45, 2.75) is 26.3 Å². The van der Waals surface area contributed by atoms with Gasteiger partial charge in [-0.25, -0.2) is 5.43 Å². The van der Waals surface area contributed by atoms with Gasteiger partial charge in [-0.1, -0.05) is 18.2 Å². The average Bonchev–Trinajstić information content (AvgIpc) is 2.71. The molecule has 0 bridgehead atoms. The molecule has 1 aliphatic heterocycles. The highest BCUT2D eigenvalue weighted by Crippen LogP contribution is 2.40. The van der Waals surface area contributed by atoms with Crippen LogP contribution < -0.4 is 19.8 Å². The van der Waals surface area contributed by atoms with E-state index in [0.717, 1.165) is 16.8 Å². The summed E-state index contributed by atoms with van der Waals surface area (Å²) in [5.74, 6) is 0.850. The standard InChI is InChI=1S/C23H27N3O3/c1-15-13-23(2,3)26(4)19-12-21(29-6)16(11-18(15)19)14-24-25-22(27)17-9-7-8-10-20(17)28-5/h7-14H,1-6H3,(H,25,27)/b24-14-. The number of hydrogen-bond acceptors (Lipinski definition) is 5. The van der Waals surface area contributed by atoms with E-state index < -0.39 is 0 Å². The van der Waals surface area contributed by atoms with Crippen LogP contribution in [0.25, 0.3) is 5.57 Å². The van der Waals surface area contributed by atoms with Crippen molar-refractivity contribution in [2.75, 3.05) is 26.2 Å². The molecule has 0 saturated heterocycles. The van der Waals surface area contributed by atoms with Crippen molar-refractivity contribution in [2.24, 2.45) is 5.10 Å². The molecule has 1 aliphatic rings. The number of benzene rings is 2. The summed E-state index contributed by atoms with van der Waals surface area (Å²) in [6.07, 6.45) is 3.84. The van der Waals surface area contributed by atoms with E-state index in [2.05, 4.69) is 49.3 Å². The Kier molecular flexibility index (Phi) is 5.64. The van der Waals surface area contributed by atoms with Gasteiger partial charge in [-0.3, -0.25) is 4.79 Å². The number of likely N-dealkylation sites (N-methyl/N-ethyl adjacent to an activating group) is 1. The summed E-state index contributed by atoms with van der Waals surface area (Å²) in [5.41, 5.74) is 7.09. The molecule has 152 valence electrons. The van der Waals surface area contributed by atoms with Crippen molar-refractivity contribution < 1.29 is 14.3 Å². The average molecular weight is 393 g/mol. The highest BCUT2D eigenvalue weighted by molar-refractivity contribution is 5.98. The third kappa shape index (κ3) is 3.97. The predicted octanol–water partition coefficient (Wildman–Crippen LogP) is 4.10. The molecule has 1 heterocycles. The lowest BCUT2D eigenvalue weighted by molar-refractivity contribution is 0.0952. The van der Waals surface area contributed by atoms with Gasteiger partial charge in [0.2, 0.25) is 0 Å². The molecule has 0 fully saturated rings. The van der Waals surface area contributed by atoms with Crippen molar-refractivity contribution in [1.82, 2.24) is 5.43 Å². The fraction of sp³-hybridized carbons (Fsp3) is 0.304. The first kappa shape index (κ1) is 20.5. The van der Waals surface area contributed by atoms with Gasteiger partial charge in [-0.05, 0) is 44.5 Å². The van der Waals surface area contributed by atoms with Crippen LogP contribution in [0.1, 0.15) is 42.3 Å². The van der Waals surface area contributed by atoms with E-state index >= 15 is 0 Å². The number of ether oxygens (including phenoxy) is 2. The summed E-state index contributed by atoms with van der Waals surface area (Å²) < 4.78 is 10.8. The van der Waals surface area contributed by atoms with Crippen LogP contribution in [-0.2, 0) is 0 Å². The van der Waals surface area contributed by atoms with Gasteiger partial charge in [0, 0.05) is 29.9 Å². The van der Waals surface area contributed by atoms with E-state index in [1.807, 2.05) is 18.2 Å². The quantitative estimate of drug-likeness (QED) is 0.614. The topological polar surface area (TPSA) is 63.2 Å². The fourth-order valence-electron chi connectivity index (χ4n) is 3.52. The summed E-state index contributed by atoms with van der Waals surface area (Å²) in [6.45, 7) is 6.45. The fourth-order valence-corrected chi connectivity index (χ4v) is 3.52. The maximum Gasteiger partial charge on any atom is 0.275 e. The molecule has 0 aliphatic carbocycles. The molecule has 2 aromatic carbocycles. The molecule has 3 rings (SSSR count). The van der Waals surface area contributed by atoms with Crippen LogP contribution in [0, 0.1) is 0 Å². The lowest BCUT2D eigenvalue weighted by Crippen LogP contribution is -2.42. The largest absolute Gasteiger partial charge is 0.496 e. The third-order valence-corrected chi connectivity index (χ3v) is 5.29. The van der Waals surface area contributed by atoms with Crippen molar-refractivity contribution in [1.29, 1.82) is 0 Å². The van der Waals surface area contributed by atoms with E-state index in [9.17, 15) is 4.79 Å². The van der Waals surface area contributed by atoms with Crippen LogP contribution in [0.4, 0.5) is 5.69 Å². The lowest BCUT2D eigenvalue weighted by atomic mass is 9.88. The summed E-state index contributed by atoms with van der Waals surface area (Å²) in [5, 5.41) is 4.13. The summed E-state index contributed by atoms with van der Waals surface area (Å²) in [7, 11) is 5.23. The van der Waals surface area contributed by atoms with Crippen LogP contribution in [-0.4, -0.2) is 38.9 Å². The molecule has 0 spiro atoms. The van der Waals surface area contributed by atoms with Crippen LogP contribution in [0.2, 0.25) is 0 Å². The van der Waals surface area contributed by atoms with Gasteiger partial charge in [0.1, 0.15) is 11.5 Å². The number of nitrogens with zero attached hydrogens (tertiary/aromatic N) is 2. The normalized spacial score (nSPS) is 15.0. The van der Waals surface area contributed by atoms with Gasteiger partial charge in [0.15, 0.2) is 0 Å². The SMILES string of the molecule is COc1cc2c(cc1/C=N\NC(=O)c1ccccc1OC)C(C)=CC(C)(C)N2C. The molecule has 0 saturated carbocycles. The molecule has 0 aromatic heterocycles. The van der Waals surface area contributed by atoms with Crippen LogP contribution in [0.3, 0.4) is 0 Å². The minimum atomic E-state index is -0.340. The van der Waals surface area contributed by atoms with E-state index in [0.29, 0.717) is 17.1 Å². The number of anilines is 1. The number of allylic oxidation sites excluding steroid dienone is 1. The Hall–Kier alpha value is -3.28.